The van der Waals surface area contributed by atoms with E-state index in [0.717, 1.165) is 11.1 Å². The number of rotatable bonds is 1. The van der Waals surface area contributed by atoms with Gasteiger partial charge in [0, 0.05) is 18.9 Å². The molecular formula is C14H15N5O3. The van der Waals surface area contributed by atoms with Crippen molar-refractivity contribution >= 4 is 17.7 Å². The molecule has 8 heteroatoms. The first-order chi connectivity index (χ1) is 10.6. The number of nitrogens with zero attached hydrogens (tertiary/aromatic N) is 4. The summed E-state index contributed by atoms with van der Waals surface area (Å²) in [7, 11) is 1.35. The summed E-state index contributed by atoms with van der Waals surface area (Å²) < 4.78 is 5.92. The molecule has 0 radical (unpaired) electrons. The Morgan fingerprint density at radius 3 is 2.82 bits per heavy atom. The van der Waals surface area contributed by atoms with Gasteiger partial charge in [0.1, 0.15) is 0 Å². The summed E-state index contributed by atoms with van der Waals surface area (Å²) in [5.74, 6) is -0.285. The standard InChI is InChI=1S/C14H15N5O3/c1-22-14(21)18-3-2-11-9(7-18)4-16-6-12(11)13(20)19-8-10(15)5-17-19/h4-6,8H,2-3,7,15H2,1H3. The number of hydrogen-bond acceptors (Lipinski definition) is 6. The fourth-order valence-electron chi connectivity index (χ4n) is 2.53. The summed E-state index contributed by atoms with van der Waals surface area (Å²) in [6.45, 7) is 0.864. The SMILES string of the molecule is COC(=O)N1CCc2c(cncc2C(=O)n2cc(N)cn2)C1. The van der Waals surface area contributed by atoms with Crippen molar-refractivity contribution in [2.75, 3.05) is 19.4 Å². The van der Waals surface area contributed by atoms with Crippen LogP contribution in [0.25, 0.3) is 0 Å². The molecule has 8 nitrogen and oxygen atoms in total. The minimum atomic E-state index is -0.387. The van der Waals surface area contributed by atoms with Crippen LogP contribution in [0.3, 0.4) is 0 Å². The van der Waals surface area contributed by atoms with Gasteiger partial charge < -0.3 is 15.4 Å². The summed E-state index contributed by atoms with van der Waals surface area (Å²) in [6.07, 6.45) is 6.24. The first-order valence-electron chi connectivity index (χ1n) is 6.73. The molecule has 2 aromatic heterocycles. The highest BCUT2D eigenvalue weighted by Crippen LogP contribution is 2.22. The molecule has 0 bridgehead atoms. The maximum Gasteiger partial charge on any atom is 0.409 e. The van der Waals surface area contributed by atoms with E-state index in [1.165, 1.54) is 30.4 Å². The second-order valence-corrected chi connectivity index (χ2v) is 4.99. The Bertz CT molecular complexity index is 740. The molecule has 3 heterocycles. The van der Waals surface area contributed by atoms with Crippen LogP contribution in [-0.4, -0.2) is 45.3 Å². The van der Waals surface area contributed by atoms with Gasteiger partial charge in [-0.25, -0.2) is 9.48 Å². The molecule has 1 amide bonds. The van der Waals surface area contributed by atoms with Gasteiger partial charge in [-0.15, -0.1) is 0 Å². The number of amides is 1. The third kappa shape index (κ3) is 2.39. The molecule has 0 spiro atoms. The molecule has 22 heavy (non-hydrogen) atoms. The fraction of sp³-hybridized carbons (Fsp3) is 0.286. The van der Waals surface area contributed by atoms with Crippen molar-refractivity contribution < 1.29 is 14.3 Å². The molecule has 1 aliphatic rings. The van der Waals surface area contributed by atoms with E-state index in [1.54, 1.807) is 11.1 Å². The van der Waals surface area contributed by atoms with E-state index in [2.05, 4.69) is 10.1 Å². The van der Waals surface area contributed by atoms with E-state index in [-0.39, 0.29) is 12.0 Å². The lowest BCUT2D eigenvalue weighted by Gasteiger charge is -2.28. The Kier molecular flexibility index (Phi) is 3.50. The van der Waals surface area contributed by atoms with Crippen LogP contribution in [0, 0.1) is 0 Å². The van der Waals surface area contributed by atoms with Crippen molar-refractivity contribution in [1.29, 1.82) is 0 Å². The second kappa shape index (κ2) is 5.47. The van der Waals surface area contributed by atoms with Crippen molar-refractivity contribution in [1.82, 2.24) is 19.7 Å². The summed E-state index contributed by atoms with van der Waals surface area (Å²) in [6, 6.07) is 0. The molecule has 0 saturated carbocycles. The number of nitrogens with two attached hydrogens (primary N) is 1. The normalized spacial score (nSPS) is 13.6. The van der Waals surface area contributed by atoms with Crippen LogP contribution in [0.4, 0.5) is 10.5 Å². The lowest BCUT2D eigenvalue weighted by Crippen LogP contribution is -2.36. The van der Waals surface area contributed by atoms with Crippen molar-refractivity contribution in [3.63, 3.8) is 0 Å². The van der Waals surface area contributed by atoms with Gasteiger partial charge in [0.15, 0.2) is 0 Å². The number of carbonyl (C=O) groups is 2. The van der Waals surface area contributed by atoms with Crippen LogP contribution < -0.4 is 5.73 Å². The molecule has 2 N–H and O–H groups in total. The number of nitrogen functional groups attached to an aromatic ring is 1. The maximum atomic E-state index is 12.5. The zero-order chi connectivity index (χ0) is 15.7. The number of pyridine rings is 1. The predicted molar refractivity (Wildman–Crippen MR) is 77.1 cm³/mol. The lowest BCUT2D eigenvalue weighted by atomic mass is 9.97. The third-order valence-corrected chi connectivity index (χ3v) is 3.61. The van der Waals surface area contributed by atoms with Gasteiger partial charge in [-0.2, -0.15) is 5.10 Å². The summed E-state index contributed by atoms with van der Waals surface area (Å²) in [5, 5.41) is 3.93. The Morgan fingerprint density at radius 1 is 1.32 bits per heavy atom. The zero-order valence-electron chi connectivity index (χ0n) is 12.0. The average molecular weight is 301 g/mol. The summed E-state index contributed by atoms with van der Waals surface area (Å²) in [5.41, 5.74) is 8.21. The van der Waals surface area contributed by atoms with Crippen LogP contribution in [0.2, 0.25) is 0 Å². The zero-order valence-corrected chi connectivity index (χ0v) is 12.0. The molecule has 0 aromatic carbocycles. The summed E-state index contributed by atoms with van der Waals surface area (Å²) >= 11 is 0. The van der Waals surface area contributed by atoms with Crippen LogP contribution in [0.15, 0.2) is 24.8 Å². The number of aromatic nitrogens is 3. The smallest absolute Gasteiger partial charge is 0.409 e. The Balaban J connectivity index is 1.93. The maximum absolute atomic E-state index is 12.5. The molecule has 0 saturated heterocycles. The molecule has 2 aromatic rings. The van der Waals surface area contributed by atoms with E-state index < -0.39 is 0 Å². The minimum absolute atomic E-state index is 0.285. The fourth-order valence-corrected chi connectivity index (χ4v) is 2.53. The molecule has 0 atom stereocenters. The Morgan fingerprint density at radius 2 is 2.14 bits per heavy atom. The van der Waals surface area contributed by atoms with Gasteiger partial charge in [0.25, 0.3) is 5.91 Å². The number of carbonyl (C=O) groups excluding carboxylic acids is 2. The summed E-state index contributed by atoms with van der Waals surface area (Å²) in [4.78, 5) is 29.8. The van der Waals surface area contributed by atoms with Crippen molar-refractivity contribution in [2.24, 2.45) is 0 Å². The first-order valence-corrected chi connectivity index (χ1v) is 6.73. The highest BCUT2D eigenvalue weighted by molar-refractivity contribution is 5.97. The van der Waals surface area contributed by atoms with Crippen LogP contribution in [0.5, 0.6) is 0 Å². The highest BCUT2D eigenvalue weighted by Gasteiger charge is 2.25. The van der Waals surface area contributed by atoms with Gasteiger partial charge in [-0.05, 0) is 17.5 Å². The van der Waals surface area contributed by atoms with E-state index in [1.807, 2.05) is 0 Å². The monoisotopic (exact) mass is 301 g/mol. The van der Waals surface area contributed by atoms with Crippen LogP contribution in [0.1, 0.15) is 21.5 Å². The van der Waals surface area contributed by atoms with E-state index in [9.17, 15) is 9.59 Å². The lowest BCUT2D eigenvalue weighted by molar-refractivity contribution is 0.0942. The quantitative estimate of drug-likeness (QED) is 0.830. The molecular weight excluding hydrogens is 286 g/mol. The van der Waals surface area contributed by atoms with Gasteiger partial charge in [0.05, 0.1) is 37.3 Å². The van der Waals surface area contributed by atoms with Gasteiger partial charge in [-0.1, -0.05) is 0 Å². The van der Waals surface area contributed by atoms with E-state index in [0.29, 0.717) is 30.8 Å². The number of ether oxygens (including phenoxy) is 1. The number of anilines is 1. The topological polar surface area (TPSA) is 103 Å². The average Bonchev–Trinajstić information content (AvgIpc) is 2.98. The molecule has 1 aliphatic heterocycles. The predicted octanol–water partition coefficient (Wildman–Crippen LogP) is 0.673. The van der Waals surface area contributed by atoms with Crippen molar-refractivity contribution in [3.8, 4) is 0 Å². The Hall–Kier alpha value is -2.90. The van der Waals surface area contributed by atoms with E-state index >= 15 is 0 Å². The first kappa shape index (κ1) is 14.1. The van der Waals surface area contributed by atoms with Crippen LogP contribution in [-0.2, 0) is 17.7 Å². The minimum Gasteiger partial charge on any atom is -0.453 e. The molecule has 3 rings (SSSR count). The largest absolute Gasteiger partial charge is 0.453 e. The highest BCUT2D eigenvalue weighted by atomic mass is 16.5. The third-order valence-electron chi connectivity index (χ3n) is 3.61. The van der Waals surface area contributed by atoms with E-state index in [4.69, 9.17) is 10.5 Å². The number of methoxy groups -OCH3 is 1. The number of hydrogen-bond donors (Lipinski definition) is 1. The molecule has 0 aliphatic carbocycles. The van der Waals surface area contributed by atoms with Crippen molar-refractivity contribution in [3.05, 3.63) is 41.5 Å². The molecule has 0 fully saturated rings. The van der Waals surface area contributed by atoms with Gasteiger partial charge in [-0.3, -0.25) is 9.78 Å². The Labute approximate surface area is 126 Å². The molecule has 114 valence electrons. The number of fused-ring (bicyclic) bond motifs is 1. The van der Waals surface area contributed by atoms with Crippen LogP contribution >= 0.6 is 0 Å². The van der Waals surface area contributed by atoms with Gasteiger partial charge in [0.2, 0.25) is 0 Å². The second-order valence-electron chi connectivity index (χ2n) is 4.99. The molecule has 0 unspecified atom stereocenters. The van der Waals surface area contributed by atoms with Gasteiger partial charge >= 0.3 is 6.09 Å². The van der Waals surface area contributed by atoms with Crippen molar-refractivity contribution in [2.45, 2.75) is 13.0 Å².